The topological polar surface area (TPSA) is 17.1 Å². The third-order valence-electron chi connectivity index (χ3n) is 2.92. The minimum absolute atomic E-state index is 0.260. The molecule has 0 bridgehead atoms. The van der Waals surface area contributed by atoms with Gasteiger partial charge in [0.25, 0.3) is 0 Å². The zero-order chi connectivity index (χ0) is 14.9. The summed E-state index contributed by atoms with van der Waals surface area (Å²) in [6, 6.07) is 9.77. The molecule has 0 saturated carbocycles. The Morgan fingerprint density at radius 2 is 1.70 bits per heavy atom. The van der Waals surface area contributed by atoms with Crippen LogP contribution in [0.15, 0.2) is 46.9 Å². The molecule has 0 heterocycles. The Labute approximate surface area is 122 Å². The number of ketones is 1. The van der Waals surface area contributed by atoms with Crippen molar-refractivity contribution in [1.29, 1.82) is 0 Å². The van der Waals surface area contributed by atoms with Crippen molar-refractivity contribution in [2.24, 2.45) is 0 Å². The van der Waals surface area contributed by atoms with E-state index in [0.29, 0.717) is 10.0 Å². The lowest BCUT2D eigenvalue weighted by Gasteiger charge is -2.13. The maximum atomic E-state index is 12.9. The van der Waals surface area contributed by atoms with Gasteiger partial charge in [-0.15, -0.1) is 0 Å². The number of benzene rings is 2. The van der Waals surface area contributed by atoms with Crippen LogP contribution in [0.3, 0.4) is 0 Å². The van der Waals surface area contributed by atoms with E-state index in [1.807, 2.05) is 0 Å². The molecule has 0 aliphatic carbocycles. The van der Waals surface area contributed by atoms with Crippen LogP contribution in [0, 0.1) is 6.92 Å². The first-order chi connectivity index (χ1) is 9.30. The summed E-state index contributed by atoms with van der Waals surface area (Å²) in [4.78, 5) is 12.4. The molecule has 0 fully saturated rings. The van der Waals surface area contributed by atoms with Crippen molar-refractivity contribution >= 4 is 21.7 Å². The maximum Gasteiger partial charge on any atom is 0.417 e. The van der Waals surface area contributed by atoms with Gasteiger partial charge < -0.3 is 0 Å². The van der Waals surface area contributed by atoms with E-state index in [4.69, 9.17) is 0 Å². The van der Waals surface area contributed by atoms with Crippen LogP contribution in [0.5, 0.6) is 0 Å². The van der Waals surface area contributed by atoms with Crippen LogP contribution in [0.25, 0.3) is 0 Å². The second-order valence-corrected chi connectivity index (χ2v) is 5.25. The first-order valence-corrected chi connectivity index (χ1v) is 6.57. The third kappa shape index (κ3) is 2.93. The van der Waals surface area contributed by atoms with E-state index >= 15 is 0 Å². The summed E-state index contributed by atoms with van der Waals surface area (Å²) in [5.41, 5.74) is -0.350. The molecule has 104 valence electrons. The molecule has 2 aromatic carbocycles. The number of halogens is 4. The van der Waals surface area contributed by atoms with Crippen LogP contribution in [-0.2, 0) is 6.18 Å². The molecule has 2 rings (SSSR count). The Bertz CT molecular complexity index is 662. The number of carbonyl (C=O) groups is 1. The van der Waals surface area contributed by atoms with Crippen molar-refractivity contribution in [2.45, 2.75) is 13.1 Å². The van der Waals surface area contributed by atoms with Crippen LogP contribution in [-0.4, -0.2) is 5.78 Å². The normalized spacial score (nSPS) is 11.4. The Morgan fingerprint density at radius 3 is 2.35 bits per heavy atom. The summed E-state index contributed by atoms with van der Waals surface area (Å²) in [5, 5.41) is 0. The molecule has 0 radical (unpaired) electrons. The van der Waals surface area contributed by atoms with Gasteiger partial charge in [0.05, 0.1) is 5.56 Å². The summed E-state index contributed by atoms with van der Waals surface area (Å²) >= 11 is 3.22. The molecule has 20 heavy (non-hydrogen) atoms. The molecule has 0 spiro atoms. The minimum Gasteiger partial charge on any atom is -0.289 e. The molecular formula is C15H10BrF3O. The Morgan fingerprint density at radius 1 is 1.05 bits per heavy atom. The van der Waals surface area contributed by atoms with Crippen molar-refractivity contribution in [2.75, 3.05) is 0 Å². The minimum atomic E-state index is -4.55. The van der Waals surface area contributed by atoms with Gasteiger partial charge in [-0.3, -0.25) is 4.79 Å². The van der Waals surface area contributed by atoms with Crippen molar-refractivity contribution in [3.8, 4) is 0 Å². The number of alkyl halides is 3. The summed E-state index contributed by atoms with van der Waals surface area (Å²) in [7, 11) is 0. The predicted octanol–water partition coefficient (Wildman–Crippen LogP) is 5.01. The quantitative estimate of drug-likeness (QED) is 0.701. The lowest BCUT2D eigenvalue weighted by Crippen LogP contribution is -2.14. The first-order valence-electron chi connectivity index (χ1n) is 5.78. The second-order valence-electron chi connectivity index (χ2n) is 4.33. The molecule has 5 heteroatoms. The van der Waals surface area contributed by atoms with Gasteiger partial charge in [-0.1, -0.05) is 40.2 Å². The molecule has 0 aliphatic heterocycles. The molecule has 1 nitrogen and oxygen atoms in total. The van der Waals surface area contributed by atoms with Crippen molar-refractivity contribution in [3.05, 3.63) is 69.2 Å². The average Bonchev–Trinajstić information content (AvgIpc) is 2.40. The summed E-state index contributed by atoms with van der Waals surface area (Å²) in [5.74, 6) is -0.628. The number of rotatable bonds is 2. The molecular weight excluding hydrogens is 333 g/mol. The van der Waals surface area contributed by atoms with Crippen LogP contribution in [0.4, 0.5) is 13.2 Å². The number of aryl methyl sites for hydroxylation is 1. The van der Waals surface area contributed by atoms with Gasteiger partial charge in [-0.2, -0.15) is 13.2 Å². The van der Waals surface area contributed by atoms with Crippen LogP contribution >= 0.6 is 15.9 Å². The molecule has 0 amide bonds. The number of hydrogen-bond donors (Lipinski definition) is 0. The zero-order valence-electron chi connectivity index (χ0n) is 10.5. The molecule has 0 unspecified atom stereocenters. The summed E-state index contributed by atoms with van der Waals surface area (Å²) < 4.78 is 39.5. The fourth-order valence-corrected chi connectivity index (χ4v) is 2.27. The maximum absolute atomic E-state index is 12.9. The molecule has 2 aromatic rings. The smallest absolute Gasteiger partial charge is 0.289 e. The zero-order valence-corrected chi connectivity index (χ0v) is 12.0. The van der Waals surface area contributed by atoms with E-state index in [0.717, 1.165) is 6.07 Å². The molecule has 0 aliphatic rings. The van der Waals surface area contributed by atoms with Gasteiger partial charge in [-0.05, 0) is 30.7 Å². The largest absolute Gasteiger partial charge is 0.417 e. The van der Waals surface area contributed by atoms with Gasteiger partial charge in [0, 0.05) is 15.6 Å². The van der Waals surface area contributed by atoms with Gasteiger partial charge in [0.15, 0.2) is 5.78 Å². The van der Waals surface area contributed by atoms with Crippen molar-refractivity contribution in [3.63, 3.8) is 0 Å². The Balaban J connectivity index is 2.57. The fourth-order valence-electron chi connectivity index (χ4n) is 1.91. The van der Waals surface area contributed by atoms with Crippen LogP contribution < -0.4 is 0 Å². The van der Waals surface area contributed by atoms with E-state index in [1.54, 1.807) is 19.1 Å². The summed E-state index contributed by atoms with van der Waals surface area (Å²) in [6.45, 7) is 1.69. The van der Waals surface area contributed by atoms with E-state index < -0.39 is 17.5 Å². The van der Waals surface area contributed by atoms with E-state index in [1.165, 1.54) is 24.3 Å². The molecule has 0 aromatic heterocycles. The Kier molecular flexibility index (Phi) is 3.99. The fraction of sp³-hybridized carbons (Fsp3) is 0.133. The van der Waals surface area contributed by atoms with Gasteiger partial charge in [0.2, 0.25) is 0 Å². The average molecular weight is 343 g/mol. The highest BCUT2D eigenvalue weighted by Gasteiger charge is 2.35. The molecule has 0 N–H and O–H groups in total. The standard InChI is InChI=1S/C15H10BrF3O/c1-9-6-7-10(16)8-12(9)14(20)11-4-2-3-5-13(11)15(17,18)19/h2-8H,1H3. The lowest BCUT2D eigenvalue weighted by atomic mass is 9.95. The molecule has 0 atom stereocenters. The predicted molar refractivity (Wildman–Crippen MR) is 73.8 cm³/mol. The van der Waals surface area contributed by atoms with Crippen LogP contribution in [0.1, 0.15) is 27.0 Å². The number of hydrogen-bond acceptors (Lipinski definition) is 1. The van der Waals surface area contributed by atoms with E-state index in [-0.39, 0.29) is 11.1 Å². The van der Waals surface area contributed by atoms with Gasteiger partial charge in [-0.25, -0.2) is 0 Å². The van der Waals surface area contributed by atoms with Gasteiger partial charge in [0.1, 0.15) is 0 Å². The van der Waals surface area contributed by atoms with Crippen molar-refractivity contribution in [1.82, 2.24) is 0 Å². The van der Waals surface area contributed by atoms with Crippen LogP contribution in [0.2, 0.25) is 0 Å². The highest BCUT2D eigenvalue weighted by molar-refractivity contribution is 9.10. The van der Waals surface area contributed by atoms with E-state index in [9.17, 15) is 18.0 Å². The monoisotopic (exact) mass is 342 g/mol. The molecule has 0 saturated heterocycles. The van der Waals surface area contributed by atoms with Gasteiger partial charge >= 0.3 is 6.18 Å². The highest BCUT2D eigenvalue weighted by atomic mass is 79.9. The summed E-state index contributed by atoms with van der Waals surface area (Å²) in [6.07, 6.45) is -4.55. The SMILES string of the molecule is Cc1ccc(Br)cc1C(=O)c1ccccc1C(F)(F)F. The highest BCUT2D eigenvalue weighted by Crippen LogP contribution is 2.33. The van der Waals surface area contributed by atoms with E-state index in [2.05, 4.69) is 15.9 Å². The van der Waals surface area contributed by atoms with Crippen molar-refractivity contribution < 1.29 is 18.0 Å². The first kappa shape index (κ1) is 14.8. The number of carbonyl (C=O) groups excluding carboxylic acids is 1. The Hall–Kier alpha value is -1.62. The lowest BCUT2D eigenvalue weighted by molar-refractivity contribution is -0.137. The third-order valence-corrected chi connectivity index (χ3v) is 3.41. The second kappa shape index (κ2) is 5.40.